The summed E-state index contributed by atoms with van der Waals surface area (Å²) in [4.78, 5) is 12.3. The van der Waals surface area contributed by atoms with Gasteiger partial charge in [0.1, 0.15) is 5.69 Å². The highest BCUT2D eigenvalue weighted by Crippen LogP contribution is 2.24. The van der Waals surface area contributed by atoms with E-state index < -0.39 is 0 Å². The Morgan fingerprint density at radius 2 is 1.83 bits per heavy atom. The van der Waals surface area contributed by atoms with Gasteiger partial charge in [-0.15, -0.1) is 0 Å². The summed E-state index contributed by atoms with van der Waals surface area (Å²) in [5.74, 6) is -0.0906. The van der Waals surface area contributed by atoms with Crippen molar-refractivity contribution in [1.82, 2.24) is 5.16 Å². The summed E-state index contributed by atoms with van der Waals surface area (Å²) in [6.07, 6.45) is 0.197. The summed E-state index contributed by atoms with van der Waals surface area (Å²) in [5.41, 5.74) is 6.79. The Morgan fingerprint density at radius 3 is 2.61 bits per heavy atom. The summed E-state index contributed by atoms with van der Waals surface area (Å²) >= 11 is 0. The second-order valence-electron chi connectivity index (χ2n) is 6.03. The fourth-order valence-electron chi connectivity index (χ4n) is 2.60. The Labute approximate surface area is 135 Å². The fraction of sp³-hybridized carbons (Fsp3) is 0.263. The second kappa shape index (κ2) is 5.88. The van der Waals surface area contributed by atoms with Gasteiger partial charge in [-0.05, 0) is 68.1 Å². The third kappa shape index (κ3) is 2.97. The van der Waals surface area contributed by atoms with Crippen LogP contribution in [0.15, 0.2) is 34.9 Å². The molecule has 2 aromatic carbocycles. The molecule has 0 bridgehead atoms. The highest BCUT2D eigenvalue weighted by Gasteiger charge is 2.14. The number of carbonyl (C=O) groups excluding carboxylic acids is 1. The number of amides is 1. The largest absolute Gasteiger partial charge is 0.356 e. The van der Waals surface area contributed by atoms with E-state index in [-0.39, 0.29) is 12.3 Å². The van der Waals surface area contributed by atoms with Crippen molar-refractivity contribution in [2.75, 3.05) is 5.32 Å². The Bertz CT molecular complexity index is 894. The molecule has 0 saturated heterocycles. The fourth-order valence-corrected chi connectivity index (χ4v) is 2.60. The molecule has 1 N–H and O–H groups in total. The number of hydrogen-bond acceptors (Lipinski definition) is 3. The molecule has 118 valence electrons. The number of aromatic nitrogens is 1. The van der Waals surface area contributed by atoms with Crippen molar-refractivity contribution in [3.63, 3.8) is 0 Å². The van der Waals surface area contributed by atoms with Gasteiger partial charge in [-0.3, -0.25) is 4.79 Å². The first-order valence-corrected chi connectivity index (χ1v) is 7.67. The molecule has 4 heteroatoms. The summed E-state index contributed by atoms with van der Waals surface area (Å²) in [7, 11) is 0. The Kier molecular flexibility index (Phi) is 3.90. The highest BCUT2D eigenvalue weighted by molar-refractivity contribution is 5.95. The van der Waals surface area contributed by atoms with Gasteiger partial charge in [0.25, 0.3) is 0 Å². The Hall–Kier alpha value is -2.62. The van der Waals surface area contributed by atoms with Crippen molar-refractivity contribution in [3.05, 3.63) is 58.3 Å². The van der Waals surface area contributed by atoms with Crippen LogP contribution in [0.5, 0.6) is 0 Å². The topological polar surface area (TPSA) is 55.1 Å². The van der Waals surface area contributed by atoms with Crippen LogP contribution >= 0.6 is 0 Å². The first-order chi connectivity index (χ1) is 11.0. The van der Waals surface area contributed by atoms with Gasteiger partial charge in [0.05, 0.1) is 6.42 Å². The number of rotatable bonds is 3. The van der Waals surface area contributed by atoms with Crippen LogP contribution in [-0.2, 0) is 11.2 Å². The zero-order valence-corrected chi connectivity index (χ0v) is 13.9. The average Bonchev–Trinajstić information content (AvgIpc) is 2.86. The lowest BCUT2D eigenvalue weighted by atomic mass is 10.1. The van der Waals surface area contributed by atoms with Crippen molar-refractivity contribution in [1.29, 1.82) is 0 Å². The molecular weight excluding hydrogens is 288 g/mol. The molecule has 4 nitrogen and oxygen atoms in total. The van der Waals surface area contributed by atoms with E-state index >= 15 is 0 Å². The summed E-state index contributed by atoms with van der Waals surface area (Å²) in [5, 5.41) is 7.93. The Morgan fingerprint density at radius 1 is 1.09 bits per heavy atom. The molecule has 0 fully saturated rings. The first-order valence-electron chi connectivity index (χ1n) is 7.67. The van der Waals surface area contributed by atoms with Gasteiger partial charge in [-0.2, -0.15) is 0 Å². The SMILES string of the molecule is Cc1cc2onc(CC(=O)Nc3cccc(C)c3C)c2cc1C. The molecule has 0 spiro atoms. The molecule has 3 rings (SSSR count). The molecule has 0 aliphatic carbocycles. The van der Waals surface area contributed by atoms with E-state index in [2.05, 4.69) is 10.5 Å². The molecule has 0 aliphatic heterocycles. The molecule has 0 atom stereocenters. The molecule has 23 heavy (non-hydrogen) atoms. The van der Waals surface area contributed by atoms with Gasteiger partial charge in [-0.1, -0.05) is 17.3 Å². The predicted molar refractivity (Wildman–Crippen MR) is 91.7 cm³/mol. The molecular formula is C19H20N2O2. The summed E-state index contributed by atoms with van der Waals surface area (Å²) in [6, 6.07) is 9.87. The Balaban J connectivity index is 1.83. The van der Waals surface area contributed by atoms with Crippen LogP contribution in [0.25, 0.3) is 11.0 Å². The van der Waals surface area contributed by atoms with Crippen molar-refractivity contribution >= 4 is 22.6 Å². The van der Waals surface area contributed by atoms with E-state index in [0.29, 0.717) is 5.69 Å². The van der Waals surface area contributed by atoms with E-state index in [1.165, 1.54) is 0 Å². The first kappa shape index (κ1) is 15.3. The molecule has 0 aliphatic rings. The summed E-state index contributed by atoms with van der Waals surface area (Å²) < 4.78 is 5.35. The average molecular weight is 308 g/mol. The standard InChI is InChI=1S/C19H20N2O2/c1-11-6-5-7-16(14(11)4)20-19(22)10-17-15-8-12(2)13(3)9-18(15)23-21-17/h5-9H,10H2,1-4H3,(H,20,22). The van der Waals surface area contributed by atoms with Gasteiger partial charge >= 0.3 is 0 Å². The van der Waals surface area contributed by atoms with E-state index in [4.69, 9.17) is 4.52 Å². The van der Waals surface area contributed by atoms with E-state index in [1.54, 1.807) is 0 Å². The van der Waals surface area contributed by atoms with Crippen LogP contribution in [0.3, 0.4) is 0 Å². The number of carbonyl (C=O) groups is 1. The third-order valence-electron chi connectivity index (χ3n) is 4.37. The molecule has 1 heterocycles. The lowest BCUT2D eigenvalue weighted by Crippen LogP contribution is -2.15. The molecule has 1 amide bonds. The second-order valence-corrected chi connectivity index (χ2v) is 6.03. The van der Waals surface area contributed by atoms with Gasteiger partial charge in [-0.25, -0.2) is 0 Å². The number of fused-ring (bicyclic) bond motifs is 1. The van der Waals surface area contributed by atoms with Gasteiger partial charge in [0.15, 0.2) is 5.58 Å². The van der Waals surface area contributed by atoms with E-state index in [0.717, 1.165) is 38.9 Å². The maximum atomic E-state index is 12.3. The number of anilines is 1. The van der Waals surface area contributed by atoms with Crippen molar-refractivity contribution in [2.24, 2.45) is 0 Å². The van der Waals surface area contributed by atoms with Gasteiger partial charge in [0.2, 0.25) is 5.91 Å². The maximum Gasteiger partial charge on any atom is 0.230 e. The highest BCUT2D eigenvalue weighted by atomic mass is 16.5. The predicted octanol–water partition coefficient (Wildman–Crippen LogP) is 4.24. The quantitative estimate of drug-likeness (QED) is 0.787. The van der Waals surface area contributed by atoms with Crippen LogP contribution in [0, 0.1) is 27.7 Å². The third-order valence-corrected chi connectivity index (χ3v) is 4.37. The van der Waals surface area contributed by atoms with Crippen LogP contribution in [0.2, 0.25) is 0 Å². The van der Waals surface area contributed by atoms with Crippen molar-refractivity contribution in [2.45, 2.75) is 34.1 Å². The minimum absolute atomic E-state index is 0.0906. The maximum absolute atomic E-state index is 12.3. The zero-order chi connectivity index (χ0) is 16.6. The lowest BCUT2D eigenvalue weighted by Gasteiger charge is -2.09. The lowest BCUT2D eigenvalue weighted by molar-refractivity contribution is -0.115. The monoisotopic (exact) mass is 308 g/mol. The normalized spacial score (nSPS) is 11.0. The van der Waals surface area contributed by atoms with Crippen LogP contribution in [0.1, 0.15) is 27.9 Å². The number of nitrogens with one attached hydrogen (secondary N) is 1. The number of hydrogen-bond donors (Lipinski definition) is 1. The number of nitrogens with zero attached hydrogens (tertiary/aromatic N) is 1. The molecule has 3 aromatic rings. The minimum atomic E-state index is -0.0906. The zero-order valence-electron chi connectivity index (χ0n) is 13.9. The van der Waals surface area contributed by atoms with Crippen LogP contribution in [0.4, 0.5) is 5.69 Å². The summed E-state index contributed by atoms with van der Waals surface area (Å²) in [6.45, 7) is 8.11. The smallest absolute Gasteiger partial charge is 0.230 e. The molecule has 0 radical (unpaired) electrons. The van der Waals surface area contributed by atoms with E-state index in [9.17, 15) is 4.79 Å². The number of aryl methyl sites for hydroxylation is 3. The van der Waals surface area contributed by atoms with E-state index in [1.807, 2.05) is 58.0 Å². The van der Waals surface area contributed by atoms with Crippen LogP contribution in [-0.4, -0.2) is 11.1 Å². The molecule has 0 saturated carbocycles. The van der Waals surface area contributed by atoms with Crippen molar-refractivity contribution in [3.8, 4) is 0 Å². The van der Waals surface area contributed by atoms with Crippen molar-refractivity contribution < 1.29 is 9.32 Å². The van der Waals surface area contributed by atoms with Crippen LogP contribution < -0.4 is 5.32 Å². The number of benzene rings is 2. The van der Waals surface area contributed by atoms with Gasteiger partial charge < -0.3 is 9.84 Å². The molecule has 1 aromatic heterocycles. The molecule has 0 unspecified atom stereocenters. The minimum Gasteiger partial charge on any atom is -0.356 e. The van der Waals surface area contributed by atoms with Gasteiger partial charge in [0, 0.05) is 11.1 Å².